The molecule has 1 saturated heterocycles. The number of guanidine groups is 1. The molecule has 0 spiro atoms. The number of halogens is 1. The molecule has 0 bridgehead atoms. The van der Waals surface area contributed by atoms with Gasteiger partial charge in [0.15, 0.2) is 5.96 Å². The Morgan fingerprint density at radius 3 is 2.48 bits per heavy atom. The Kier molecular flexibility index (Phi) is 9.56. The Bertz CT molecular complexity index is 622. The van der Waals surface area contributed by atoms with Gasteiger partial charge in [0.25, 0.3) is 0 Å². The molecule has 0 saturated carbocycles. The zero-order valence-electron chi connectivity index (χ0n) is 17.3. The highest BCUT2D eigenvalue weighted by Crippen LogP contribution is 2.22. The molecule has 1 aromatic carbocycles. The number of carbonyl (C=O) groups is 1. The largest absolute Gasteiger partial charge is 0.356 e. The van der Waals surface area contributed by atoms with Gasteiger partial charge in [-0.1, -0.05) is 52.0 Å². The van der Waals surface area contributed by atoms with Gasteiger partial charge in [-0.2, -0.15) is 0 Å². The monoisotopic (exact) mass is 486 g/mol. The third-order valence-electron chi connectivity index (χ3n) is 4.93. The summed E-state index contributed by atoms with van der Waals surface area (Å²) in [5, 5.41) is 6.82. The van der Waals surface area contributed by atoms with Gasteiger partial charge in [-0.3, -0.25) is 9.79 Å². The third kappa shape index (κ3) is 7.31. The van der Waals surface area contributed by atoms with Crippen LogP contribution in [0.5, 0.6) is 0 Å². The molecular weight excluding hydrogens is 451 g/mol. The summed E-state index contributed by atoms with van der Waals surface area (Å²) >= 11 is 0. The van der Waals surface area contributed by atoms with Gasteiger partial charge >= 0.3 is 0 Å². The molecule has 1 amide bonds. The van der Waals surface area contributed by atoms with Crippen molar-refractivity contribution >= 4 is 35.8 Å². The van der Waals surface area contributed by atoms with E-state index >= 15 is 0 Å². The Balaban J connectivity index is 0.00000364. The number of hydrogen-bond acceptors (Lipinski definition) is 2. The summed E-state index contributed by atoms with van der Waals surface area (Å²) in [6, 6.07) is 9.15. The number of hydrogen-bond donors (Lipinski definition) is 2. The maximum Gasteiger partial charge on any atom is 0.222 e. The molecule has 1 atom stereocenters. The van der Waals surface area contributed by atoms with Gasteiger partial charge in [0.1, 0.15) is 0 Å². The van der Waals surface area contributed by atoms with Gasteiger partial charge < -0.3 is 15.5 Å². The maximum absolute atomic E-state index is 11.8. The Hall–Kier alpha value is -1.31. The van der Waals surface area contributed by atoms with Crippen molar-refractivity contribution in [2.24, 2.45) is 4.99 Å². The van der Waals surface area contributed by atoms with Gasteiger partial charge in [0, 0.05) is 39.1 Å². The van der Waals surface area contributed by atoms with Crippen LogP contribution in [0, 0.1) is 0 Å². The van der Waals surface area contributed by atoms with Crippen molar-refractivity contribution < 1.29 is 4.79 Å². The van der Waals surface area contributed by atoms with Crippen LogP contribution in [0.25, 0.3) is 0 Å². The molecule has 6 heteroatoms. The average molecular weight is 486 g/mol. The minimum atomic E-state index is 0. The molecule has 1 aromatic rings. The van der Waals surface area contributed by atoms with E-state index in [4.69, 9.17) is 0 Å². The van der Waals surface area contributed by atoms with Crippen molar-refractivity contribution in [3.8, 4) is 0 Å². The first kappa shape index (κ1) is 23.7. The molecule has 1 heterocycles. The number of likely N-dealkylation sites (tertiary alicyclic amines) is 1. The first-order chi connectivity index (χ1) is 12.3. The molecule has 0 aliphatic carbocycles. The quantitative estimate of drug-likeness (QED) is 0.382. The van der Waals surface area contributed by atoms with Crippen LogP contribution in [0.15, 0.2) is 29.3 Å². The van der Waals surface area contributed by atoms with Crippen LogP contribution in [0.2, 0.25) is 0 Å². The topological polar surface area (TPSA) is 56.7 Å². The van der Waals surface area contributed by atoms with Crippen LogP contribution in [0.1, 0.15) is 51.7 Å². The molecule has 1 aliphatic rings. The lowest BCUT2D eigenvalue weighted by molar-refractivity contribution is -0.129. The lowest BCUT2D eigenvalue weighted by Gasteiger charge is -2.20. The Labute approximate surface area is 181 Å². The maximum atomic E-state index is 11.8. The van der Waals surface area contributed by atoms with E-state index in [0.29, 0.717) is 6.42 Å². The number of aliphatic imine (C=N–C) groups is 1. The molecule has 2 N–H and O–H groups in total. The van der Waals surface area contributed by atoms with Crippen molar-refractivity contribution in [3.63, 3.8) is 0 Å². The minimum absolute atomic E-state index is 0. The van der Waals surface area contributed by atoms with Crippen LogP contribution >= 0.6 is 24.0 Å². The summed E-state index contributed by atoms with van der Waals surface area (Å²) < 4.78 is 0. The number of nitrogens with zero attached hydrogens (tertiary/aromatic N) is 2. The zero-order valence-corrected chi connectivity index (χ0v) is 19.7. The molecule has 152 valence electrons. The second kappa shape index (κ2) is 10.9. The first-order valence-corrected chi connectivity index (χ1v) is 9.68. The van der Waals surface area contributed by atoms with Gasteiger partial charge in [0.2, 0.25) is 5.91 Å². The molecule has 1 fully saturated rings. The molecule has 5 nitrogen and oxygen atoms in total. The highest BCUT2D eigenvalue weighted by molar-refractivity contribution is 14.0. The summed E-state index contributed by atoms with van der Waals surface area (Å²) in [4.78, 5) is 18.0. The number of rotatable bonds is 5. The number of carbonyl (C=O) groups excluding carboxylic acids is 1. The van der Waals surface area contributed by atoms with E-state index in [1.807, 2.05) is 11.8 Å². The van der Waals surface area contributed by atoms with Crippen molar-refractivity contribution in [3.05, 3.63) is 35.4 Å². The standard InChI is InChI=1S/C21H34N4O.HI/c1-6-19(26)25-14-12-18(15-25)24-20(22-5)23-13-11-16-7-9-17(10-8-16)21(2,3)4;/h7-10,18H,6,11-15H2,1-5H3,(H2,22,23,24);1H. The van der Waals surface area contributed by atoms with Crippen molar-refractivity contribution in [1.82, 2.24) is 15.5 Å². The Morgan fingerprint density at radius 2 is 1.93 bits per heavy atom. The van der Waals surface area contributed by atoms with Gasteiger partial charge in [-0.05, 0) is 29.4 Å². The molecule has 2 rings (SSSR count). The molecule has 0 aromatic heterocycles. The minimum Gasteiger partial charge on any atom is -0.356 e. The summed E-state index contributed by atoms with van der Waals surface area (Å²) in [6.45, 7) is 11.0. The summed E-state index contributed by atoms with van der Waals surface area (Å²) in [5.74, 6) is 1.04. The molecule has 1 unspecified atom stereocenters. The van der Waals surface area contributed by atoms with E-state index in [1.165, 1.54) is 11.1 Å². The first-order valence-electron chi connectivity index (χ1n) is 9.68. The number of amides is 1. The molecular formula is C21H35IN4O. The molecule has 0 radical (unpaired) electrons. The fourth-order valence-corrected chi connectivity index (χ4v) is 3.21. The van der Waals surface area contributed by atoms with E-state index in [0.717, 1.165) is 38.4 Å². The normalized spacial score (nSPS) is 17.4. The number of benzene rings is 1. The predicted octanol–water partition coefficient (Wildman–Crippen LogP) is 3.32. The highest BCUT2D eigenvalue weighted by Gasteiger charge is 2.25. The smallest absolute Gasteiger partial charge is 0.222 e. The van der Waals surface area contributed by atoms with Crippen LogP contribution in [-0.2, 0) is 16.6 Å². The molecule has 27 heavy (non-hydrogen) atoms. The fourth-order valence-electron chi connectivity index (χ4n) is 3.21. The van der Waals surface area contributed by atoms with E-state index in [9.17, 15) is 4.79 Å². The van der Waals surface area contributed by atoms with Crippen molar-refractivity contribution in [2.45, 2.75) is 58.4 Å². The van der Waals surface area contributed by atoms with Crippen LogP contribution in [0.4, 0.5) is 0 Å². The van der Waals surface area contributed by atoms with E-state index in [2.05, 4.69) is 60.7 Å². The van der Waals surface area contributed by atoms with Crippen molar-refractivity contribution in [2.75, 3.05) is 26.7 Å². The summed E-state index contributed by atoms with van der Waals surface area (Å²) in [6.07, 6.45) is 2.50. The number of nitrogens with one attached hydrogen (secondary N) is 2. The van der Waals surface area contributed by atoms with Gasteiger partial charge in [-0.25, -0.2) is 0 Å². The Morgan fingerprint density at radius 1 is 1.26 bits per heavy atom. The zero-order chi connectivity index (χ0) is 19.2. The van der Waals surface area contributed by atoms with E-state index in [-0.39, 0.29) is 41.3 Å². The van der Waals surface area contributed by atoms with Crippen molar-refractivity contribution in [1.29, 1.82) is 0 Å². The summed E-state index contributed by atoms with van der Waals surface area (Å²) in [7, 11) is 1.79. The van der Waals surface area contributed by atoms with E-state index < -0.39 is 0 Å². The predicted molar refractivity (Wildman–Crippen MR) is 124 cm³/mol. The van der Waals surface area contributed by atoms with Gasteiger partial charge in [0.05, 0.1) is 0 Å². The lowest BCUT2D eigenvalue weighted by Crippen LogP contribution is -2.45. The van der Waals surface area contributed by atoms with Crippen LogP contribution in [0.3, 0.4) is 0 Å². The second-order valence-corrected chi connectivity index (χ2v) is 8.02. The SMILES string of the molecule is CCC(=O)N1CCC(NC(=NC)NCCc2ccc(C(C)(C)C)cc2)C1.I. The third-order valence-corrected chi connectivity index (χ3v) is 4.93. The fraction of sp³-hybridized carbons (Fsp3) is 0.619. The van der Waals surface area contributed by atoms with Crippen LogP contribution in [-0.4, -0.2) is 49.5 Å². The average Bonchev–Trinajstić information content (AvgIpc) is 3.08. The lowest BCUT2D eigenvalue weighted by atomic mass is 9.86. The van der Waals surface area contributed by atoms with E-state index in [1.54, 1.807) is 7.05 Å². The van der Waals surface area contributed by atoms with Crippen LogP contribution < -0.4 is 10.6 Å². The second-order valence-electron chi connectivity index (χ2n) is 8.02. The van der Waals surface area contributed by atoms with Gasteiger partial charge in [-0.15, -0.1) is 24.0 Å². The highest BCUT2D eigenvalue weighted by atomic mass is 127. The summed E-state index contributed by atoms with van der Waals surface area (Å²) in [5.41, 5.74) is 2.87. The molecule has 1 aliphatic heterocycles.